The molecule has 2 heterocycles. The van der Waals surface area contributed by atoms with Crippen molar-refractivity contribution in [2.75, 3.05) is 13.2 Å². The van der Waals surface area contributed by atoms with Crippen LogP contribution in [0.2, 0.25) is 0 Å². The zero-order valence-corrected chi connectivity index (χ0v) is 14.0. The first-order valence-corrected chi connectivity index (χ1v) is 8.14. The van der Waals surface area contributed by atoms with Gasteiger partial charge in [0.2, 0.25) is 0 Å². The Hall–Kier alpha value is -0.580. The smallest absolute Gasteiger partial charge is 0.128 e. The van der Waals surface area contributed by atoms with Gasteiger partial charge in [0.25, 0.3) is 0 Å². The monoisotopic (exact) mass is 356 g/mol. The lowest BCUT2D eigenvalue weighted by Crippen LogP contribution is -2.37. The van der Waals surface area contributed by atoms with Gasteiger partial charge in [-0.25, -0.2) is 4.98 Å². The summed E-state index contributed by atoms with van der Waals surface area (Å²) in [6, 6.07) is 6.24. The van der Waals surface area contributed by atoms with Gasteiger partial charge in [-0.15, -0.1) is 11.6 Å². The Balaban J connectivity index is 2.23. The van der Waals surface area contributed by atoms with Crippen molar-refractivity contribution in [3.8, 4) is 0 Å². The van der Waals surface area contributed by atoms with Crippen molar-refractivity contribution in [1.29, 1.82) is 0 Å². The molecule has 0 spiro atoms. The Morgan fingerprint density at radius 2 is 2.10 bits per heavy atom. The summed E-state index contributed by atoms with van der Waals surface area (Å²) >= 11 is 9.88. The van der Waals surface area contributed by atoms with E-state index in [1.54, 1.807) is 0 Å². The Morgan fingerprint density at radius 3 is 2.75 bits per heavy atom. The van der Waals surface area contributed by atoms with Crippen molar-refractivity contribution < 1.29 is 4.74 Å². The molecule has 0 radical (unpaired) electrons. The molecule has 1 fully saturated rings. The fraction of sp³-hybridized carbons (Fsp3) is 0.533. The molecule has 1 aliphatic rings. The lowest BCUT2D eigenvalue weighted by atomic mass is 9.91. The maximum absolute atomic E-state index is 6.37. The lowest BCUT2D eigenvalue weighted by Gasteiger charge is -2.37. The molecule has 1 unspecified atom stereocenters. The first-order valence-electron chi connectivity index (χ1n) is 6.91. The number of nitrogens with zero attached hydrogens (tertiary/aromatic N) is 2. The molecule has 0 saturated carbocycles. The van der Waals surface area contributed by atoms with Crippen LogP contribution in [-0.4, -0.2) is 22.8 Å². The Bertz CT molecular complexity index is 632. The summed E-state index contributed by atoms with van der Waals surface area (Å²) in [6.07, 6.45) is 1.98. The van der Waals surface area contributed by atoms with Crippen LogP contribution in [0.3, 0.4) is 0 Å². The highest BCUT2D eigenvalue weighted by atomic mass is 79.9. The van der Waals surface area contributed by atoms with E-state index in [9.17, 15) is 0 Å². The largest absolute Gasteiger partial charge is 0.381 e. The van der Waals surface area contributed by atoms with E-state index in [0.29, 0.717) is 0 Å². The third-order valence-electron chi connectivity index (χ3n) is 4.11. The van der Waals surface area contributed by atoms with Crippen LogP contribution in [0, 0.1) is 0 Å². The molecule has 1 saturated heterocycles. The standard InChI is InChI=1S/C15H18BrClN2O/c1-10(17)14-18-12-9-11(16)3-4-13(12)19(14)15(2)5-7-20-8-6-15/h3-4,9-10H,5-8H2,1-2H3. The molecule has 1 aromatic heterocycles. The molecule has 0 bridgehead atoms. The van der Waals surface area contributed by atoms with Crippen LogP contribution in [0.5, 0.6) is 0 Å². The quantitative estimate of drug-likeness (QED) is 0.733. The van der Waals surface area contributed by atoms with Crippen molar-refractivity contribution in [3.05, 3.63) is 28.5 Å². The second-order valence-corrected chi connectivity index (χ2v) is 7.23. The van der Waals surface area contributed by atoms with Gasteiger partial charge in [0.1, 0.15) is 5.82 Å². The van der Waals surface area contributed by atoms with Gasteiger partial charge in [-0.1, -0.05) is 15.9 Å². The third-order valence-corrected chi connectivity index (χ3v) is 4.80. The van der Waals surface area contributed by atoms with Gasteiger partial charge >= 0.3 is 0 Å². The first kappa shape index (κ1) is 14.4. The molecule has 2 aromatic rings. The van der Waals surface area contributed by atoms with E-state index < -0.39 is 0 Å². The SMILES string of the molecule is CC(Cl)c1nc2cc(Br)ccc2n1C1(C)CCOCC1. The molecule has 3 nitrogen and oxygen atoms in total. The van der Waals surface area contributed by atoms with E-state index in [4.69, 9.17) is 21.3 Å². The van der Waals surface area contributed by atoms with Gasteiger partial charge in [0, 0.05) is 23.2 Å². The highest BCUT2D eigenvalue weighted by Crippen LogP contribution is 2.37. The third kappa shape index (κ3) is 2.38. The van der Waals surface area contributed by atoms with E-state index in [1.807, 2.05) is 6.92 Å². The van der Waals surface area contributed by atoms with Crippen LogP contribution in [0.4, 0.5) is 0 Å². The average Bonchev–Trinajstić information content (AvgIpc) is 2.79. The van der Waals surface area contributed by atoms with Crippen LogP contribution in [-0.2, 0) is 10.3 Å². The van der Waals surface area contributed by atoms with E-state index >= 15 is 0 Å². The second kappa shape index (κ2) is 5.32. The molecule has 1 aromatic carbocycles. The van der Waals surface area contributed by atoms with Crippen LogP contribution >= 0.6 is 27.5 Å². The number of halogens is 2. The number of ether oxygens (including phenoxy) is 1. The van der Waals surface area contributed by atoms with Crippen molar-refractivity contribution in [1.82, 2.24) is 9.55 Å². The number of alkyl halides is 1. The van der Waals surface area contributed by atoms with E-state index in [0.717, 1.165) is 47.4 Å². The highest BCUT2D eigenvalue weighted by Gasteiger charge is 2.33. The predicted molar refractivity (Wildman–Crippen MR) is 85.4 cm³/mol. The molecule has 5 heteroatoms. The van der Waals surface area contributed by atoms with Crippen molar-refractivity contribution >= 4 is 38.6 Å². The van der Waals surface area contributed by atoms with Gasteiger partial charge in [-0.05, 0) is 44.9 Å². The molecular weight excluding hydrogens is 340 g/mol. The number of aromatic nitrogens is 2. The summed E-state index contributed by atoms with van der Waals surface area (Å²) in [4.78, 5) is 4.75. The van der Waals surface area contributed by atoms with Crippen molar-refractivity contribution in [3.63, 3.8) is 0 Å². The number of imidazole rings is 1. The highest BCUT2D eigenvalue weighted by molar-refractivity contribution is 9.10. The van der Waals surface area contributed by atoms with Gasteiger partial charge < -0.3 is 9.30 Å². The molecule has 0 N–H and O–H groups in total. The van der Waals surface area contributed by atoms with Gasteiger partial charge in [0.15, 0.2) is 0 Å². The van der Waals surface area contributed by atoms with Crippen LogP contribution < -0.4 is 0 Å². The van der Waals surface area contributed by atoms with Gasteiger partial charge in [0.05, 0.1) is 16.4 Å². The number of hydrogen-bond acceptors (Lipinski definition) is 2. The summed E-state index contributed by atoms with van der Waals surface area (Å²) < 4.78 is 8.89. The number of fused-ring (bicyclic) bond motifs is 1. The second-order valence-electron chi connectivity index (χ2n) is 5.66. The zero-order chi connectivity index (χ0) is 14.3. The minimum atomic E-state index is -0.110. The molecule has 3 rings (SSSR count). The van der Waals surface area contributed by atoms with Crippen molar-refractivity contribution in [2.45, 2.75) is 37.6 Å². The minimum absolute atomic E-state index is 0.0271. The Morgan fingerprint density at radius 1 is 1.40 bits per heavy atom. The summed E-state index contributed by atoms with van der Waals surface area (Å²) in [5.74, 6) is 0.948. The fourth-order valence-electron chi connectivity index (χ4n) is 2.94. The number of rotatable bonds is 2. The number of hydrogen-bond donors (Lipinski definition) is 0. The average molecular weight is 358 g/mol. The maximum atomic E-state index is 6.37. The Labute approximate surface area is 132 Å². The van der Waals surface area contributed by atoms with Crippen LogP contribution in [0.1, 0.15) is 37.9 Å². The normalized spacial score (nSPS) is 20.2. The van der Waals surface area contributed by atoms with Crippen molar-refractivity contribution in [2.24, 2.45) is 0 Å². The van der Waals surface area contributed by atoms with E-state index in [-0.39, 0.29) is 10.9 Å². The zero-order valence-electron chi connectivity index (χ0n) is 11.7. The first-order chi connectivity index (χ1) is 9.51. The van der Waals surface area contributed by atoms with Gasteiger partial charge in [-0.3, -0.25) is 0 Å². The van der Waals surface area contributed by atoms with E-state index in [1.165, 1.54) is 0 Å². The van der Waals surface area contributed by atoms with E-state index in [2.05, 4.69) is 45.6 Å². The molecule has 1 aliphatic heterocycles. The summed E-state index contributed by atoms with van der Waals surface area (Å²) in [6.45, 7) is 5.85. The summed E-state index contributed by atoms with van der Waals surface area (Å²) in [5, 5.41) is -0.110. The summed E-state index contributed by atoms with van der Waals surface area (Å²) in [7, 11) is 0. The molecule has 20 heavy (non-hydrogen) atoms. The number of benzene rings is 1. The van der Waals surface area contributed by atoms with Crippen LogP contribution in [0.15, 0.2) is 22.7 Å². The molecule has 1 atom stereocenters. The lowest BCUT2D eigenvalue weighted by molar-refractivity contribution is 0.0300. The predicted octanol–water partition coefficient (Wildman–Crippen LogP) is 4.62. The molecule has 0 aliphatic carbocycles. The molecule has 0 amide bonds. The minimum Gasteiger partial charge on any atom is -0.381 e. The fourth-order valence-corrected chi connectivity index (χ4v) is 3.44. The van der Waals surface area contributed by atoms with Crippen LogP contribution in [0.25, 0.3) is 11.0 Å². The Kier molecular flexibility index (Phi) is 3.82. The molecule has 108 valence electrons. The molecular formula is C15H18BrClN2O. The topological polar surface area (TPSA) is 27.1 Å². The van der Waals surface area contributed by atoms with Gasteiger partial charge in [-0.2, -0.15) is 0 Å². The maximum Gasteiger partial charge on any atom is 0.128 e. The summed E-state index contributed by atoms with van der Waals surface area (Å²) in [5.41, 5.74) is 2.17.